The first-order valence-corrected chi connectivity index (χ1v) is 6.16. The second kappa shape index (κ2) is 4.70. The highest BCUT2D eigenvalue weighted by Crippen LogP contribution is 2.38. The molecule has 0 aliphatic heterocycles. The number of nitrogens with one attached hydrogen (secondary N) is 1. The van der Waals surface area contributed by atoms with Gasteiger partial charge in [-0.1, -0.05) is 30.3 Å². The van der Waals surface area contributed by atoms with Crippen LogP contribution >= 0.6 is 0 Å². The number of benzene rings is 1. The molecule has 0 aliphatic rings. The van der Waals surface area contributed by atoms with Crippen LogP contribution in [-0.4, -0.2) is 16.1 Å². The van der Waals surface area contributed by atoms with Crippen molar-refractivity contribution < 1.29 is 9.21 Å². The monoisotopic (exact) mass is 267 g/mol. The van der Waals surface area contributed by atoms with Crippen LogP contribution in [0.2, 0.25) is 0 Å². The number of H-pyrrole nitrogens is 1. The summed E-state index contributed by atoms with van der Waals surface area (Å²) in [6.45, 7) is 1.82. The Morgan fingerprint density at radius 1 is 1.25 bits per heavy atom. The molecule has 0 fully saturated rings. The summed E-state index contributed by atoms with van der Waals surface area (Å²) in [6.07, 6.45) is 3.45. The average molecular weight is 267 g/mol. The molecular weight excluding hydrogens is 254 g/mol. The number of nitrogens with two attached hydrogens (primary N) is 1. The van der Waals surface area contributed by atoms with Gasteiger partial charge in [0.25, 0.3) is 5.91 Å². The molecule has 5 nitrogen and oxygen atoms in total. The molecule has 0 saturated heterocycles. The van der Waals surface area contributed by atoms with Crippen LogP contribution in [0, 0.1) is 6.92 Å². The van der Waals surface area contributed by atoms with E-state index in [9.17, 15) is 4.79 Å². The molecule has 3 N–H and O–H groups in total. The molecule has 3 rings (SSSR count). The molecule has 2 heterocycles. The highest BCUT2D eigenvalue weighted by Gasteiger charge is 2.23. The van der Waals surface area contributed by atoms with Crippen molar-refractivity contribution >= 4 is 5.91 Å². The molecule has 0 spiro atoms. The van der Waals surface area contributed by atoms with E-state index in [2.05, 4.69) is 10.2 Å². The molecule has 20 heavy (non-hydrogen) atoms. The Morgan fingerprint density at radius 3 is 2.60 bits per heavy atom. The molecule has 1 amide bonds. The highest BCUT2D eigenvalue weighted by atomic mass is 16.4. The predicted molar refractivity (Wildman–Crippen MR) is 75.0 cm³/mol. The van der Waals surface area contributed by atoms with Gasteiger partial charge in [-0.05, 0) is 6.92 Å². The Labute approximate surface area is 115 Å². The van der Waals surface area contributed by atoms with Gasteiger partial charge in [-0.25, -0.2) is 0 Å². The van der Waals surface area contributed by atoms with Gasteiger partial charge in [-0.15, -0.1) is 0 Å². The fourth-order valence-corrected chi connectivity index (χ4v) is 2.28. The van der Waals surface area contributed by atoms with E-state index in [1.54, 1.807) is 12.4 Å². The lowest BCUT2D eigenvalue weighted by Crippen LogP contribution is -2.10. The van der Waals surface area contributed by atoms with Gasteiger partial charge in [-0.2, -0.15) is 5.10 Å². The van der Waals surface area contributed by atoms with Gasteiger partial charge < -0.3 is 10.2 Å². The van der Waals surface area contributed by atoms with E-state index < -0.39 is 5.91 Å². The number of nitrogens with zero attached hydrogens (tertiary/aromatic N) is 1. The number of hydrogen-bond acceptors (Lipinski definition) is 3. The summed E-state index contributed by atoms with van der Waals surface area (Å²) < 4.78 is 5.70. The van der Waals surface area contributed by atoms with E-state index in [0.717, 1.165) is 22.3 Å². The van der Waals surface area contributed by atoms with Crippen molar-refractivity contribution in [3.8, 4) is 22.5 Å². The molecule has 1 aromatic carbocycles. The second-order valence-electron chi connectivity index (χ2n) is 4.48. The maximum absolute atomic E-state index is 11.5. The van der Waals surface area contributed by atoms with Crippen LogP contribution in [0.15, 0.2) is 47.1 Å². The van der Waals surface area contributed by atoms with Gasteiger partial charge >= 0.3 is 0 Å². The third kappa shape index (κ3) is 1.89. The maximum Gasteiger partial charge on any atom is 0.284 e. The van der Waals surface area contributed by atoms with Crippen LogP contribution in [-0.2, 0) is 0 Å². The molecule has 0 bridgehead atoms. The molecule has 0 saturated carbocycles. The second-order valence-corrected chi connectivity index (χ2v) is 4.48. The SMILES string of the molecule is Cc1c(C(N)=O)oc(-c2ccccc2)c1-c1cn[nH]c1. The van der Waals surface area contributed by atoms with Crippen LogP contribution in [0.25, 0.3) is 22.5 Å². The van der Waals surface area contributed by atoms with Gasteiger partial charge in [0.05, 0.1) is 6.20 Å². The first-order chi connectivity index (χ1) is 9.68. The Kier molecular flexibility index (Phi) is 2.87. The summed E-state index contributed by atoms with van der Waals surface area (Å²) in [5.74, 6) is 0.229. The van der Waals surface area contributed by atoms with E-state index in [-0.39, 0.29) is 5.76 Å². The maximum atomic E-state index is 11.5. The molecule has 100 valence electrons. The smallest absolute Gasteiger partial charge is 0.284 e. The zero-order chi connectivity index (χ0) is 14.1. The minimum atomic E-state index is -0.575. The summed E-state index contributed by atoms with van der Waals surface area (Å²) in [6, 6.07) is 9.59. The van der Waals surface area contributed by atoms with Crippen molar-refractivity contribution in [2.24, 2.45) is 5.73 Å². The molecule has 0 atom stereocenters. The van der Waals surface area contributed by atoms with E-state index >= 15 is 0 Å². The van der Waals surface area contributed by atoms with Gasteiger partial charge in [0.1, 0.15) is 5.76 Å². The van der Waals surface area contributed by atoms with E-state index in [1.807, 2.05) is 37.3 Å². The molecule has 0 aliphatic carbocycles. The molecule has 0 unspecified atom stereocenters. The molecule has 2 aromatic heterocycles. The lowest BCUT2D eigenvalue weighted by Gasteiger charge is -2.01. The van der Waals surface area contributed by atoms with E-state index in [0.29, 0.717) is 5.76 Å². The third-order valence-corrected chi connectivity index (χ3v) is 3.19. The third-order valence-electron chi connectivity index (χ3n) is 3.19. The number of primary amides is 1. The highest BCUT2D eigenvalue weighted by molar-refractivity contribution is 5.96. The Morgan fingerprint density at radius 2 is 2.00 bits per heavy atom. The van der Waals surface area contributed by atoms with Crippen molar-refractivity contribution in [3.63, 3.8) is 0 Å². The topological polar surface area (TPSA) is 84.9 Å². The minimum absolute atomic E-state index is 0.181. The normalized spacial score (nSPS) is 10.7. The Balaban J connectivity index is 2.28. The number of hydrogen-bond donors (Lipinski definition) is 2. The standard InChI is InChI=1S/C15H13N3O2/c1-9-12(11-7-17-18-8-11)14(20-13(9)15(16)19)10-5-3-2-4-6-10/h2-8H,1H3,(H2,16,19)(H,17,18). The van der Waals surface area contributed by atoms with Crippen LogP contribution in [0.5, 0.6) is 0 Å². The summed E-state index contributed by atoms with van der Waals surface area (Å²) >= 11 is 0. The Bertz CT molecular complexity index is 743. The number of amides is 1. The number of aromatic nitrogens is 2. The zero-order valence-electron chi connectivity index (χ0n) is 10.9. The van der Waals surface area contributed by atoms with Gasteiger partial charge in [0, 0.05) is 28.5 Å². The average Bonchev–Trinajstić information content (AvgIpc) is 3.06. The quantitative estimate of drug-likeness (QED) is 0.765. The molecule has 3 aromatic rings. The van der Waals surface area contributed by atoms with Crippen LogP contribution in [0.1, 0.15) is 16.1 Å². The molecule has 0 radical (unpaired) electrons. The fraction of sp³-hybridized carbons (Fsp3) is 0.0667. The number of carbonyl (C=O) groups excluding carboxylic acids is 1. The van der Waals surface area contributed by atoms with Crippen LogP contribution in [0.4, 0.5) is 0 Å². The molecule has 5 heteroatoms. The van der Waals surface area contributed by atoms with Gasteiger partial charge in [0.15, 0.2) is 5.76 Å². The summed E-state index contributed by atoms with van der Waals surface area (Å²) in [5.41, 5.74) is 8.67. The number of rotatable bonds is 3. The summed E-state index contributed by atoms with van der Waals surface area (Å²) in [7, 11) is 0. The summed E-state index contributed by atoms with van der Waals surface area (Å²) in [4.78, 5) is 11.5. The van der Waals surface area contributed by atoms with E-state index in [4.69, 9.17) is 10.2 Å². The van der Waals surface area contributed by atoms with Crippen molar-refractivity contribution in [2.75, 3.05) is 0 Å². The lowest BCUT2D eigenvalue weighted by molar-refractivity contribution is 0.0974. The van der Waals surface area contributed by atoms with Crippen LogP contribution < -0.4 is 5.73 Å². The number of carbonyl (C=O) groups is 1. The molecular formula is C15H13N3O2. The van der Waals surface area contributed by atoms with Gasteiger partial charge in [-0.3, -0.25) is 9.89 Å². The van der Waals surface area contributed by atoms with Crippen molar-refractivity contribution in [3.05, 3.63) is 54.0 Å². The first-order valence-electron chi connectivity index (χ1n) is 6.16. The number of aromatic amines is 1. The minimum Gasteiger partial charge on any atom is -0.450 e. The zero-order valence-corrected chi connectivity index (χ0v) is 10.9. The van der Waals surface area contributed by atoms with Crippen molar-refractivity contribution in [2.45, 2.75) is 6.92 Å². The largest absolute Gasteiger partial charge is 0.450 e. The van der Waals surface area contributed by atoms with Gasteiger partial charge in [0.2, 0.25) is 0 Å². The fourth-order valence-electron chi connectivity index (χ4n) is 2.28. The lowest BCUT2D eigenvalue weighted by atomic mass is 10.0. The first kappa shape index (κ1) is 12.2. The number of furan rings is 1. The van der Waals surface area contributed by atoms with E-state index in [1.165, 1.54) is 0 Å². The summed E-state index contributed by atoms with van der Waals surface area (Å²) in [5, 5.41) is 6.71. The van der Waals surface area contributed by atoms with Crippen molar-refractivity contribution in [1.82, 2.24) is 10.2 Å². The Hall–Kier alpha value is -2.82. The predicted octanol–water partition coefficient (Wildman–Crippen LogP) is 2.74. The van der Waals surface area contributed by atoms with Crippen LogP contribution in [0.3, 0.4) is 0 Å². The van der Waals surface area contributed by atoms with Crippen molar-refractivity contribution in [1.29, 1.82) is 0 Å².